The number of likely N-dealkylation sites (tertiary alicyclic amines) is 2. The number of hydrogen-bond acceptors (Lipinski definition) is 17. The van der Waals surface area contributed by atoms with E-state index in [-0.39, 0.29) is 40.8 Å². The van der Waals surface area contributed by atoms with Gasteiger partial charge in [0, 0.05) is 61.3 Å². The first-order valence-electron chi connectivity index (χ1n) is 33.9. The molecular weight excluding hydrogens is 1120 g/mol. The zero-order chi connectivity index (χ0) is 61.6. The largest absolute Gasteiger partial charge is 0.513 e. The highest BCUT2D eigenvalue weighted by atomic mass is 16.7. The van der Waals surface area contributed by atoms with Gasteiger partial charge in [-0.2, -0.15) is 0 Å². The summed E-state index contributed by atoms with van der Waals surface area (Å²) in [5.74, 6) is 3.15. The van der Waals surface area contributed by atoms with Crippen LogP contribution < -0.4 is 18.9 Å². The molecule has 0 amide bonds. The number of carbonyl (C=O) groups is 4. The van der Waals surface area contributed by atoms with E-state index in [0.717, 1.165) is 118 Å². The Morgan fingerprint density at radius 2 is 1.01 bits per heavy atom. The lowest BCUT2D eigenvalue weighted by Crippen LogP contribution is -2.76. The standard InChI is InChI=1S/C32H45NO6.C20H23NO4.C18H27NO5/c1-2-3-4-5-6-7-8-9-10-19-37-30(35)38-25-14-13-23-20-26-32(36)16-15-24(34)29-31(32,27(23)28(25)39-29)17-18-33(26)21-22-11-12-22;22-13-4-3-12-9-15-20(24)6-5-14(23)18-19(20,16(12)17(13)25-18)7-8-21(15)10-11-1-2-11;1-2-3-4-5-6-7-8-9-10-15-23-18(20)24-17-13-11-16(12-14-17)19(21)22/h13-14,22,26,29,36H,2-12,15-21H2,1H3;3-4,11,15,18,22,24H,1-2,5-10H2;11-14H,2-10,15H2,1H3/t26?,29-,31-,32+;15?,18-,19-,20+;/m00./s1. The van der Waals surface area contributed by atoms with Gasteiger partial charge in [0.15, 0.2) is 46.8 Å². The number of non-ortho nitro benzene ring substituents is 1. The first kappa shape index (κ1) is 63.7. The summed E-state index contributed by atoms with van der Waals surface area (Å²) in [5, 5.41) is 45.2. The Labute approximate surface area is 518 Å². The maximum Gasteiger partial charge on any atom is 0.513 e. The topological polar surface area (TPSA) is 234 Å². The number of hydrogen-bond donors (Lipinski definition) is 3. The highest BCUT2D eigenvalue weighted by Gasteiger charge is 2.75. The van der Waals surface area contributed by atoms with Crippen molar-refractivity contribution < 1.29 is 67.8 Å². The third-order valence-electron chi connectivity index (χ3n) is 21.5. The van der Waals surface area contributed by atoms with Gasteiger partial charge in [0.2, 0.25) is 0 Å². The molecule has 4 heterocycles. The second-order valence-corrected chi connectivity index (χ2v) is 27.2. The molecule has 3 N–H and O–H groups in total. The third kappa shape index (κ3) is 12.8. The maximum atomic E-state index is 13.2. The number of ether oxygens (including phenoxy) is 6. The van der Waals surface area contributed by atoms with Crippen LogP contribution in [0.4, 0.5) is 15.3 Å². The lowest BCUT2D eigenvalue weighted by atomic mass is 9.49. The number of benzene rings is 3. The number of piperidine rings is 2. The molecule has 2 unspecified atom stereocenters. The number of phenolic OH excluding ortho intramolecular Hbond substituents is 1. The van der Waals surface area contributed by atoms with Crippen molar-refractivity contribution in [3.8, 4) is 28.7 Å². The van der Waals surface area contributed by atoms with Crippen LogP contribution in [-0.2, 0) is 42.7 Å². The van der Waals surface area contributed by atoms with Crippen molar-refractivity contribution in [2.24, 2.45) is 11.8 Å². The second-order valence-electron chi connectivity index (χ2n) is 27.2. The predicted octanol–water partition coefficient (Wildman–Crippen LogP) is 13.0. The van der Waals surface area contributed by atoms with Gasteiger partial charge in [-0.3, -0.25) is 29.5 Å². The number of nitro groups is 1. The van der Waals surface area contributed by atoms with E-state index in [0.29, 0.717) is 62.6 Å². The molecule has 88 heavy (non-hydrogen) atoms. The van der Waals surface area contributed by atoms with Gasteiger partial charge in [0.25, 0.3) is 5.69 Å². The fraction of sp³-hybridized carbons (Fsp3) is 0.686. The van der Waals surface area contributed by atoms with Gasteiger partial charge in [0.05, 0.1) is 40.2 Å². The molecule has 2 spiro atoms. The van der Waals surface area contributed by atoms with E-state index in [2.05, 4.69) is 23.6 Å². The van der Waals surface area contributed by atoms with Crippen LogP contribution in [0.15, 0.2) is 48.5 Å². The van der Waals surface area contributed by atoms with Crippen LogP contribution in [0.25, 0.3) is 0 Å². The summed E-state index contributed by atoms with van der Waals surface area (Å²) >= 11 is 0. The normalized spacial score (nSPS) is 28.1. The molecule has 2 saturated heterocycles. The van der Waals surface area contributed by atoms with Crippen LogP contribution in [0.1, 0.15) is 216 Å². The summed E-state index contributed by atoms with van der Waals surface area (Å²) in [5.41, 5.74) is 0.616. The Morgan fingerprint density at radius 3 is 1.48 bits per heavy atom. The summed E-state index contributed by atoms with van der Waals surface area (Å²) < 4.78 is 33.4. The van der Waals surface area contributed by atoms with E-state index < -0.39 is 51.5 Å². The molecule has 4 aliphatic heterocycles. The van der Waals surface area contributed by atoms with Crippen molar-refractivity contribution in [2.45, 2.75) is 253 Å². The molecule has 8 atom stereocenters. The zero-order valence-electron chi connectivity index (χ0n) is 52.1. The Morgan fingerprint density at radius 1 is 0.580 bits per heavy atom. The summed E-state index contributed by atoms with van der Waals surface area (Å²) in [7, 11) is 0. The first-order valence-corrected chi connectivity index (χ1v) is 33.9. The van der Waals surface area contributed by atoms with Crippen molar-refractivity contribution >= 4 is 29.6 Å². The summed E-state index contributed by atoms with van der Waals surface area (Å²) in [6, 6.07) is 12.8. The number of unbranched alkanes of at least 4 members (excludes halogenated alkanes) is 16. The number of nitro benzene ring substituents is 1. The predicted molar refractivity (Wildman–Crippen MR) is 329 cm³/mol. The van der Waals surface area contributed by atoms with Gasteiger partial charge >= 0.3 is 12.3 Å². The van der Waals surface area contributed by atoms with Crippen LogP contribution in [-0.4, -0.2) is 129 Å². The molecule has 480 valence electrons. The number of carbonyl (C=O) groups excluding carboxylic acids is 4. The van der Waals surface area contributed by atoms with Crippen molar-refractivity contribution in [1.29, 1.82) is 0 Å². The lowest BCUT2D eigenvalue weighted by molar-refractivity contribution is -0.384. The Kier molecular flexibility index (Phi) is 20.1. The Balaban J connectivity index is 0.000000143. The van der Waals surface area contributed by atoms with Crippen molar-refractivity contribution in [3.05, 3.63) is 80.9 Å². The average molecular weight is 1220 g/mol. The molecule has 0 radical (unpaired) electrons. The van der Waals surface area contributed by atoms with Crippen LogP contribution in [0, 0.1) is 22.0 Å². The fourth-order valence-corrected chi connectivity index (χ4v) is 16.6. The summed E-state index contributed by atoms with van der Waals surface area (Å²) in [4.78, 5) is 65.0. The fourth-order valence-electron chi connectivity index (χ4n) is 16.6. The summed E-state index contributed by atoms with van der Waals surface area (Å²) in [6.07, 6.45) is 28.4. The van der Waals surface area contributed by atoms with Crippen molar-refractivity contribution in [2.75, 3.05) is 39.4 Å². The number of phenols is 1. The molecule has 0 aromatic heterocycles. The molecule has 6 aliphatic carbocycles. The van der Waals surface area contributed by atoms with Gasteiger partial charge in [-0.05, 0) is 137 Å². The molecule has 18 nitrogen and oxygen atoms in total. The molecule has 18 heteroatoms. The number of aliphatic hydroxyl groups is 2. The van der Waals surface area contributed by atoms with Gasteiger partial charge in [-0.15, -0.1) is 0 Å². The van der Waals surface area contributed by atoms with E-state index in [1.54, 1.807) is 12.1 Å². The van der Waals surface area contributed by atoms with Crippen LogP contribution >= 0.6 is 0 Å². The monoisotopic (exact) mass is 1220 g/mol. The Hall–Kier alpha value is -5.82. The highest BCUT2D eigenvalue weighted by molar-refractivity contribution is 5.91. The first-order chi connectivity index (χ1) is 42.6. The molecule has 6 fully saturated rings. The van der Waals surface area contributed by atoms with Gasteiger partial charge in [-0.1, -0.05) is 129 Å². The minimum Gasteiger partial charge on any atom is -0.504 e. The van der Waals surface area contributed by atoms with Crippen molar-refractivity contribution in [1.82, 2.24) is 9.80 Å². The van der Waals surface area contributed by atoms with Crippen LogP contribution in [0.5, 0.6) is 28.7 Å². The van der Waals surface area contributed by atoms with Crippen LogP contribution in [0.3, 0.4) is 0 Å². The molecule has 3 aromatic carbocycles. The van der Waals surface area contributed by atoms with E-state index in [9.17, 15) is 44.6 Å². The molecule has 10 aliphatic rings. The van der Waals surface area contributed by atoms with E-state index in [1.807, 2.05) is 12.1 Å². The molecular formula is C70H95N3O15. The van der Waals surface area contributed by atoms with Crippen molar-refractivity contribution in [3.63, 3.8) is 0 Å². The highest BCUT2D eigenvalue weighted by Crippen LogP contribution is 2.67. The van der Waals surface area contributed by atoms with Crippen LogP contribution in [0.2, 0.25) is 0 Å². The third-order valence-corrected chi connectivity index (χ3v) is 21.5. The number of nitrogens with zero attached hydrogens (tertiary/aromatic N) is 3. The minimum absolute atomic E-state index is 0.0161. The van der Waals surface area contributed by atoms with E-state index >= 15 is 0 Å². The van der Waals surface area contributed by atoms with Gasteiger partial charge in [-0.25, -0.2) is 9.59 Å². The number of Topliss-reactive ketones (excluding diaryl/α,β-unsaturated/α-hetero) is 2. The quantitative estimate of drug-likeness (QED) is 0.0212. The number of ketones is 2. The van der Waals surface area contributed by atoms with Gasteiger partial charge in [0.1, 0.15) is 5.75 Å². The molecule has 4 bridgehead atoms. The lowest BCUT2D eigenvalue weighted by Gasteiger charge is -2.62. The summed E-state index contributed by atoms with van der Waals surface area (Å²) in [6.45, 7) is 8.94. The van der Waals surface area contributed by atoms with E-state index in [4.69, 9.17) is 28.4 Å². The zero-order valence-corrected chi connectivity index (χ0v) is 52.1. The molecule has 3 aromatic rings. The minimum atomic E-state index is -1.02. The molecule has 4 saturated carbocycles. The smallest absolute Gasteiger partial charge is 0.504 e. The SMILES string of the molecule is CCCCCCCCCCCOC(=O)Oc1ccc([N+](=O)[O-])cc1.CCCCCCCCCCCOC(=O)Oc1ccc2c3c1O[C@H]1C(=O)CC[C@@]4(O)C(C2)N(CC2CC2)CC[C@]314.O=C1CC[C@@]2(O)C3Cc4ccc(O)c5c4[C@@]2(CCN3CC2CC2)[C@H]1O5. The maximum absolute atomic E-state index is 13.2. The molecule has 13 rings (SSSR count). The van der Waals surface area contributed by atoms with Gasteiger partial charge < -0.3 is 43.7 Å². The Bertz CT molecular complexity index is 2980. The number of rotatable bonds is 27. The van der Waals surface area contributed by atoms with E-state index in [1.165, 1.54) is 127 Å². The average Bonchev–Trinajstić information content (AvgIpc) is 1.40. The second kappa shape index (κ2) is 27.7. The number of aromatic hydroxyl groups is 1.